The normalized spacial score (nSPS) is 17.4. The monoisotopic (exact) mass is 304 g/mol. The van der Waals surface area contributed by atoms with Crippen LogP contribution in [0.1, 0.15) is 12.8 Å². The van der Waals surface area contributed by atoms with E-state index in [1.54, 1.807) is 0 Å². The number of thiazole rings is 1. The molecule has 0 N–H and O–H groups in total. The van der Waals surface area contributed by atoms with Gasteiger partial charge in [-0.3, -0.25) is 0 Å². The molecule has 1 saturated heterocycles. The number of aromatic nitrogens is 1. The van der Waals surface area contributed by atoms with Gasteiger partial charge in [0.25, 0.3) is 0 Å². The van der Waals surface area contributed by atoms with Gasteiger partial charge in [0.15, 0.2) is 10.9 Å². The fourth-order valence-electron chi connectivity index (χ4n) is 2.42. The Bertz CT molecular complexity index is 620. The first-order valence-corrected chi connectivity index (χ1v) is 7.15. The van der Waals surface area contributed by atoms with Crippen molar-refractivity contribution in [2.45, 2.75) is 19.3 Å². The van der Waals surface area contributed by atoms with Crippen LogP contribution in [0.3, 0.4) is 0 Å². The van der Waals surface area contributed by atoms with E-state index in [2.05, 4.69) is 4.98 Å². The summed E-state index contributed by atoms with van der Waals surface area (Å²) in [5, 5.41) is 0.567. The zero-order chi connectivity index (χ0) is 14.3. The van der Waals surface area contributed by atoms with Crippen molar-refractivity contribution in [1.29, 1.82) is 0 Å². The van der Waals surface area contributed by atoms with Crippen molar-refractivity contribution in [3.05, 3.63) is 23.8 Å². The lowest BCUT2D eigenvalue weighted by Crippen LogP contribution is -2.35. The Hall–Kier alpha value is -1.37. The zero-order valence-electron chi connectivity index (χ0n) is 10.5. The summed E-state index contributed by atoms with van der Waals surface area (Å²) in [4.78, 5) is 6.02. The molecular formula is C13H12F4N2S. The molecule has 0 radical (unpaired) electrons. The Morgan fingerprint density at radius 3 is 2.55 bits per heavy atom. The van der Waals surface area contributed by atoms with E-state index in [1.807, 2.05) is 4.90 Å². The number of hydrogen-bond donors (Lipinski definition) is 0. The van der Waals surface area contributed by atoms with Crippen LogP contribution < -0.4 is 4.90 Å². The molecule has 0 unspecified atom stereocenters. The third-order valence-electron chi connectivity index (χ3n) is 3.57. The highest BCUT2D eigenvalue weighted by Crippen LogP contribution is 2.34. The van der Waals surface area contributed by atoms with Gasteiger partial charge in [0.1, 0.15) is 11.3 Å². The number of rotatable bonds is 2. The lowest BCUT2D eigenvalue weighted by molar-refractivity contribution is 0.0636. The molecule has 7 heteroatoms. The number of alkyl halides is 2. The lowest BCUT2D eigenvalue weighted by atomic mass is 9.98. The minimum Gasteiger partial charge on any atom is -0.348 e. The first-order valence-electron chi connectivity index (χ1n) is 6.33. The van der Waals surface area contributed by atoms with Crippen LogP contribution in [0.4, 0.5) is 22.7 Å². The van der Waals surface area contributed by atoms with E-state index in [-0.39, 0.29) is 5.52 Å². The van der Waals surface area contributed by atoms with Gasteiger partial charge in [0.05, 0.1) is 4.70 Å². The summed E-state index contributed by atoms with van der Waals surface area (Å²) in [6, 6.07) is 2.04. The molecular weight excluding hydrogens is 292 g/mol. The van der Waals surface area contributed by atoms with E-state index in [0.29, 0.717) is 35.8 Å². The summed E-state index contributed by atoms with van der Waals surface area (Å²) >= 11 is 1.19. The average molecular weight is 304 g/mol. The molecule has 20 heavy (non-hydrogen) atoms. The minimum atomic E-state index is -2.29. The second-order valence-corrected chi connectivity index (χ2v) is 5.90. The predicted octanol–water partition coefficient (Wildman–Crippen LogP) is 4.06. The van der Waals surface area contributed by atoms with Gasteiger partial charge >= 0.3 is 0 Å². The van der Waals surface area contributed by atoms with Crippen molar-refractivity contribution < 1.29 is 17.6 Å². The number of piperidine rings is 1. The van der Waals surface area contributed by atoms with E-state index >= 15 is 0 Å². The van der Waals surface area contributed by atoms with Crippen LogP contribution in [0.15, 0.2) is 12.1 Å². The van der Waals surface area contributed by atoms with Crippen LogP contribution in [0.2, 0.25) is 0 Å². The summed E-state index contributed by atoms with van der Waals surface area (Å²) in [6.07, 6.45) is -1.51. The molecule has 2 aromatic rings. The van der Waals surface area contributed by atoms with Crippen molar-refractivity contribution in [3.63, 3.8) is 0 Å². The maximum absolute atomic E-state index is 13.6. The molecule has 0 atom stereocenters. The molecule has 1 aromatic carbocycles. The van der Waals surface area contributed by atoms with Crippen LogP contribution >= 0.6 is 11.3 Å². The van der Waals surface area contributed by atoms with E-state index in [1.165, 1.54) is 17.4 Å². The lowest BCUT2D eigenvalue weighted by Gasteiger charge is -2.31. The van der Waals surface area contributed by atoms with Crippen LogP contribution in [0.5, 0.6) is 0 Å². The molecule has 2 heterocycles. The summed E-state index contributed by atoms with van der Waals surface area (Å²) in [6.45, 7) is 0.942. The van der Waals surface area contributed by atoms with Crippen LogP contribution in [0, 0.1) is 17.6 Å². The maximum atomic E-state index is 13.6. The Labute approximate surface area is 117 Å². The predicted molar refractivity (Wildman–Crippen MR) is 70.5 cm³/mol. The Kier molecular flexibility index (Phi) is 3.54. The fourth-order valence-corrected chi connectivity index (χ4v) is 3.48. The SMILES string of the molecule is Fc1cc(F)c2nc(N3CCC(C(F)F)CC3)sc2c1. The molecule has 0 spiro atoms. The van der Waals surface area contributed by atoms with Gasteiger partial charge in [-0.05, 0) is 18.9 Å². The molecule has 2 nitrogen and oxygen atoms in total. The molecule has 3 rings (SSSR count). The topological polar surface area (TPSA) is 16.1 Å². The number of anilines is 1. The third-order valence-corrected chi connectivity index (χ3v) is 4.63. The number of nitrogens with zero attached hydrogens (tertiary/aromatic N) is 2. The Morgan fingerprint density at radius 1 is 1.20 bits per heavy atom. The van der Waals surface area contributed by atoms with Gasteiger partial charge in [-0.2, -0.15) is 0 Å². The van der Waals surface area contributed by atoms with Gasteiger partial charge in [0.2, 0.25) is 6.43 Å². The molecule has 1 fully saturated rings. The molecule has 0 bridgehead atoms. The van der Waals surface area contributed by atoms with Crippen molar-refractivity contribution in [3.8, 4) is 0 Å². The van der Waals surface area contributed by atoms with Gasteiger partial charge in [0, 0.05) is 25.1 Å². The fraction of sp³-hybridized carbons (Fsp3) is 0.462. The van der Waals surface area contributed by atoms with Crippen molar-refractivity contribution >= 4 is 26.7 Å². The smallest absolute Gasteiger partial charge is 0.241 e. The second-order valence-electron chi connectivity index (χ2n) is 4.89. The Morgan fingerprint density at radius 2 is 1.90 bits per heavy atom. The second kappa shape index (κ2) is 5.20. The van der Waals surface area contributed by atoms with Crippen LogP contribution in [-0.4, -0.2) is 24.5 Å². The first kappa shape index (κ1) is 13.6. The number of benzene rings is 1. The molecule has 1 aliphatic heterocycles. The molecule has 1 aliphatic rings. The van der Waals surface area contributed by atoms with Crippen molar-refractivity contribution in [2.75, 3.05) is 18.0 Å². The highest BCUT2D eigenvalue weighted by atomic mass is 32.1. The number of fused-ring (bicyclic) bond motifs is 1. The van der Waals surface area contributed by atoms with E-state index in [4.69, 9.17) is 0 Å². The highest BCUT2D eigenvalue weighted by molar-refractivity contribution is 7.22. The van der Waals surface area contributed by atoms with Crippen molar-refractivity contribution in [1.82, 2.24) is 4.98 Å². The zero-order valence-corrected chi connectivity index (χ0v) is 11.3. The largest absolute Gasteiger partial charge is 0.348 e. The molecule has 0 aliphatic carbocycles. The van der Waals surface area contributed by atoms with E-state index in [9.17, 15) is 17.6 Å². The maximum Gasteiger partial charge on any atom is 0.241 e. The Balaban J connectivity index is 1.83. The minimum absolute atomic E-state index is 0.141. The summed E-state index contributed by atoms with van der Waals surface area (Å²) in [5.74, 6) is -1.90. The van der Waals surface area contributed by atoms with Gasteiger partial charge < -0.3 is 4.90 Å². The van der Waals surface area contributed by atoms with Crippen molar-refractivity contribution in [2.24, 2.45) is 5.92 Å². The van der Waals surface area contributed by atoms with Crippen LogP contribution in [-0.2, 0) is 0 Å². The van der Waals surface area contributed by atoms with E-state index in [0.717, 1.165) is 6.07 Å². The molecule has 0 saturated carbocycles. The van der Waals surface area contributed by atoms with Crippen LogP contribution in [0.25, 0.3) is 10.2 Å². The quantitative estimate of drug-likeness (QED) is 0.778. The summed E-state index contributed by atoms with van der Waals surface area (Å²) in [7, 11) is 0. The average Bonchev–Trinajstić information content (AvgIpc) is 2.83. The third kappa shape index (κ3) is 2.46. The number of hydrogen-bond acceptors (Lipinski definition) is 3. The number of halogens is 4. The standard InChI is InChI=1S/C13H12F4N2S/c14-8-5-9(15)11-10(6-8)20-13(18-11)19-3-1-7(2-4-19)12(16)17/h5-7,12H,1-4H2. The van der Waals surface area contributed by atoms with Gasteiger partial charge in [-0.15, -0.1) is 0 Å². The molecule has 108 valence electrons. The van der Waals surface area contributed by atoms with Gasteiger partial charge in [-0.25, -0.2) is 22.5 Å². The molecule has 0 amide bonds. The van der Waals surface area contributed by atoms with E-state index < -0.39 is 24.0 Å². The summed E-state index contributed by atoms with van der Waals surface area (Å²) in [5.41, 5.74) is 0.141. The highest BCUT2D eigenvalue weighted by Gasteiger charge is 2.27. The summed E-state index contributed by atoms with van der Waals surface area (Å²) < 4.78 is 52.3. The first-order chi connectivity index (χ1) is 9.54. The molecule has 1 aromatic heterocycles. The van der Waals surface area contributed by atoms with Gasteiger partial charge in [-0.1, -0.05) is 11.3 Å².